The van der Waals surface area contributed by atoms with E-state index in [-0.39, 0.29) is 0 Å². The second kappa shape index (κ2) is 8.20. The quantitative estimate of drug-likeness (QED) is 0.733. The Morgan fingerprint density at radius 2 is 2.00 bits per heavy atom. The fourth-order valence-electron chi connectivity index (χ4n) is 1.57. The maximum atomic E-state index is 11.6. The smallest absolute Gasteiger partial charge is 0.313 e. The van der Waals surface area contributed by atoms with Crippen molar-refractivity contribution in [2.45, 2.75) is 13.8 Å². The SMILES string of the molecule is CCN(CC)CCNC(=O)C(=O)Nc1cccnc1. The van der Waals surface area contributed by atoms with Gasteiger partial charge in [-0.05, 0) is 25.2 Å². The summed E-state index contributed by atoms with van der Waals surface area (Å²) in [6.07, 6.45) is 3.08. The number of amides is 2. The number of rotatable bonds is 6. The summed E-state index contributed by atoms with van der Waals surface area (Å²) in [5.74, 6) is -1.30. The van der Waals surface area contributed by atoms with E-state index >= 15 is 0 Å². The summed E-state index contributed by atoms with van der Waals surface area (Å²) in [6.45, 7) is 7.16. The second-order valence-electron chi connectivity index (χ2n) is 3.98. The number of carbonyl (C=O) groups is 2. The van der Waals surface area contributed by atoms with E-state index < -0.39 is 11.8 Å². The van der Waals surface area contributed by atoms with Crippen LogP contribution < -0.4 is 10.6 Å². The van der Waals surface area contributed by atoms with Crippen LogP contribution in [0.25, 0.3) is 0 Å². The van der Waals surface area contributed by atoms with Crippen LogP contribution in [0, 0.1) is 0 Å². The van der Waals surface area contributed by atoms with Crippen LogP contribution in [0.1, 0.15) is 13.8 Å². The molecule has 1 rings (SSSR count). The molecular formula is C13H20N4O2. The van der Waals surface area contributed by atoms with Gasteiger partial charge < -0.3 is 15.5 Å². The van der Waals surface area contributed by atoms with Crippen molar-refractivity contribution < 1.29 is 9.59 Å². The summed E-state index contributed by atoms with van der Waals surface area (Å²) in [6, 6.07) is 3.36. The van der Waals surface area contributed by atoms with Crippen molar-refractivity contribution in [3.63, 3.8) is 0 Å². The van der Waals surface area contributed by atoms with Gasteiger partial charge in [0.25, 0.3) is 0 Å². The van der Waals surface area contributed by atoms with Crippen LogP contribution in [-0.4, -0.2) is 47.9 Å². The van der Waals surface area contributed by atoms with Gasteiger partial charge in [-0.3, -0.25) is 14.6 Å². The molecule has 2 amide bonds. The number of hydrogen-bond donors (Lipinski definition) is 2. The molecule has 19 heavy (non-hydrogen) atoms. The first-order chi connectivity index (χ1) is 9.17. The minimum atomic E-state index is -0.674. The van der Waals surface area contributed by atoms with Gasteiger partial charge in [-0.1, -0.05) is 13.8 Å². The van der Waals surface area contributed by atoms with Gasteiger partial charge in [0, 0.05) is 19.3 Å². The predicted molar refractivity (Wildman–Crippen MR) is 73.7 cm³/mol. The normalized spacial score (nSPS) is 10.3. The lowest BCUT2D eigenvalue weighted by Crippen LogP contribution is -2.40. The topological polar surface area (TPSA) is 74.3 Å². The molecule has 1 heterocycles. The molecule has 2 N–H and O–H groups in total. The third-order valence-electron chi connectivity index (χ3n) is 2.73. The van der Waals surface area contributed by atoms with Gasteiger partial charge >= 0.3 is 11.8 Å². The Balaban J connectivity index is 2.31. The first-order valence-electron chi connectivity index (χ1n) is 6.39. The van der Waals surface area contributed by atoms with E-state index in [1.165, 1.54) is 6.20 Å². The zero-order chi connectivity index (χ0) is 14.1. The molecule has 0 aliphatic carbocycles. The van der Waals surface area contributed by atoms with Crippen LogP contribution in [0.3, 0.4) is 0 Å². The van der Waals surface area contributed by atoms with E-state index in [0.29, 0.717) is 12.2 Å². The fourth-order valence-corrected chi connectivity index (χ4v) is 1.57. The molecule has 1 aromatic heterocycles. The number of nitrogens with zero attached hydrogens (tertiary/aromatic N) is 2. The van der Waals surface area contributed by atoms with Crippen molar-refractivity contribution in [3.8, 4) is 0 Å². The van der Waals surface area contributed by atoms with E-state index in [2.05, 4.69) is 34.4 Å². The highest BCUT2D eigenvalue weighted by atomic mass is 16.2. The molecular weight excluding hydrogens is 244 g/mol. The summed E-state index contributed by atoms with van der Waals surface area (Å²) >= 11 is 0. The Hall–Kier alpha value is -1.95. The van der Waals surface area contributed by atoms with Crippen LogP contribution in [-0.2, 0) is 9.59 Å². The first kappa shape index (κ1) is 15.1. The molecule has 0 atom stereocenters. The Morgan fingerprint density at radius 1 is 1.26 bits per heavy atom. The van der Waals surface area contributed by atoms with Crippen molar-refractivity contribution in [2.75, 3.05) is 31.5 Å². The minimum absolute atomic E-state index is 0.459. The Morgan fingerprint density at radius 3 is 2.58 bits per heavy atom. The number of nitrogens with one attached hydrogen (secondary N) is 2. The van der Waals surface area contributed by atoms with Crippen LogP contribution in [0.4, 0.5) is 5.69 Å². The van der Waals surface area contributed by atoms with Gasteiger partial charge in [0.1, 0.15) is 0 Å². The van der Waals surface area contributed by atoms with Gasteiger partial charge in [-0.15, -0.1) is 0 Å². The van der Waals surface area contributed by atoms with E-state index in [0.717, 1.165) is 19.6 Å². The molecule has 0 unspecified atom stereocenters. The number of hydrogen-bond acceptors (Lipinski definition) is 4. The van der Waals surface area contributed by atoms with Crippen LogP contribution in [0.5, 0.6) is 0 Å². The van der Waals surface area contributed by atoms with Crippen LogP contribution in [0.15, 0.2) is 24.5 Å². The molecule has 0 aliphatic rings. The summed E-state index contributed by atoms with van der Waals surface area (Å²) in [4.78, 5) is 29.1. The number of anilines is 1. The van der Waals surface area contributed by atoms with E-state index in [9.17, 15) is 9.59 Å². The number of pyridine rings is 1. The van der Waals surface area contributed by atoms with Crippen molar-refractivity contribution >= 4 is 17.5 Å². The standard InChI is InChI=1S/C13H20N4O2/c1-3-17(4-2)9-8-15-12(18)13(19)16-11-6-5-7-14-10-11/h5-7,10H,3-4,8-9H2,1-2H3,(H,15,18)(H,16,19). The average Bonchev–Trinajstić information content (AvgIpc) is 2.44. The zero-order valence-corrected chi connectivity index (χ0v) is 11.3. The fraction of sp³-hybridized carbons (Fsp3) is 0.462. The van der Waals surface area contributed by atoms with Crippen LogP contribution >= 0.6 is 0 Å². The van der Waals surface area contributed by atoms with Crippen molar-refractivity contribution in [2.24, 2.45) is 0 Å². The monoisotopic (exact) mass is 264 g/mol. The predicted octanol–water partition coefficient (Wildman–Crippen LogP) is 0.478. The highest BCUT2D eigenvalue weighted by Crippen LogP contribution is 2.01. The van der Waals surface area contributed by atoms with Gasteiger partial charge in [-0.25, -0.2) is 0 Å². The zero-order valence-electron chi connectivity index (χ0n) is 11.3. The molecule has 0 saturated heterocycles. The number of aromatic nitrogens is 1. The van der Waals surface area contributed by atoms with E-state index in [4.69, 9.17) is 0 Å². The van der Waals surface area contributed by atoms with Gasteiger partial charge in [0.05, 0.1) is 11.9 Å². The Kier molecular flexibility index (Phi) is 6.52. The molecule has 0 spiro atoms. The lowest BCUT2D eigenvalue weighted by atomic mass is 10.4. The van der Waals surface area contributed by atoms with Gasteiger partial charge in [0.15, 0.2) is 0 Å². The summed E-state index contributed by atoms with van der Waals surface area (Å²) < 4.78 is 0. The number of carbonyl (C=O) groups excluding carboxylic acids is 2. The molecule has 6 nitrogen and oxygen atoms in total. The molecule has 1 aromatic rings. The largest absolute Gasteiger partial charge is 0.347 e. The summed E-state index contributed by atoms with van der Waals surface area (Å²) in [7, 11) is 0. The molecule has 0 saturated carbocycles. The summed E-state index contributed by atoms with van der Waals surface area (Å²) in [5.41, 5.74) is 0.506. The maximum absolute atomic E-state index is 11.6. The van der Waals surface area contributed by atoms with Crippen molar-refractivity contribution in [3.05, 3.63) is 24.5 Å². The Labute approximate surface area is 113 Å². The first-order valence-corrected chi connectivity index (χ1v) is 6.39. The van der Waals surface area contributed by atoms with Crippen molar-refractivity contribution in [1.82, 2.24) is 15.2 Å². The molecule has 0 aromatic carbocycles. The maximum Gasteiger partial charge on any atom is 0.313 e. The van der Waals surface area contributed by atoms with E-state index in [1.54, 1.807) is 18.3 Å². The van der Waals surface area contributed by atoms with Crippen LogP contribution in [0.2, 0.25) is 0 Å². The Bertz CT molecular complexity index is 404. The highest BCUT2D eigenvalue weighted by molar-refractivity contribution is 6.39. The molecule has 0 aliphatic heterocycles. The summed E-state index contributed by atoms with van der Waals surface area (Å²) in [5, 5.41) is 5.07. The minimum Gasteiger partial charge on any atom is -0.347 e. The van der Waals surface area contributed by atoms with Crippen molar-refractivity contribution in [1.29, 1.82) is 0 Å². The molecule has 6 heteroatoms. The molecule has 0 bridgehead atoms. The molecule has 104 valence electrons. The van der Waals surface area contributed by atoms with Gasteiger partial charge in [0.2, 0.25) is 0 Å². The molecule has 0 radical (unpaired) electrons. The second-order valence-corrected chi connectivity index (χ2v) is 3.98. The lowest BCUT2D eigenvalue weighted by Gasteiger charge is -2.17. The average molecular weight is 264 g/mol. The molecule has 0 fully saturated rings. The van der Waals surface area contributed by atoms with Gasteiger partial charge in [-0.2, -0.15) is 0 Å². The lowest BCUT2D eigenvalue weighted by molar-refractivity contribution is -0.136. The third kappa shape index (κ3) is 5.48. The van der Waals surface area contributed by atoms with E-state index in [1.807, 2.05) is 0 Å². The number of likely N-dealkylation sites (N-methyl/N-ethyl adjacent to an activating group) is 1. The highest BCUT2D eigenvalue weighted by Gasteiger charge is 2.13. The third-order valence-corrected chi connectivity index (χ3v) is 2.73.